The van der Waals surface area contributed by atoms with E-state index in [-0.39, 0.29) is 12.3 Å². The summed E-state index contributed by atoms with van der Waals surface area (Å²) in [6.07, 6.45) is -1.20. The van der Waals surface area contributed by atoms with Crippen molar-refractivity contribution < 1.29 is 29.4 Å². The highest BCUT2D eigenvalue weighted by molar-refractivity contribution is 5.93. The van der Waals surface area contributed by atoms with E-state index in [9.17, 15) is 24.3 Å². The number of rotatable bonds is 10. The number of hydrogen-bond acceptors (Lipinski definition) is 6. The fraction of sp³-hybridized carbons (Fsp3) is 0.714. The molecule has 0 aliphatic carbocycles. The van der Waals surface area contributed by atoms with E-state index < -0.39 is 47.9 Å². The van der Waals surface area contributed by atoms with Crippen molar-refractivity contribution >= 4 is 23.7 Å². The van der Waals surface area contributed by atoms with Gasteiger partial charge in [0, 0.05) is 0 Å². The summed E-state index contributed by atoms with van der Waals surface area (Å²) >= 11 is 0. The van der Waals surface area contributed by atoms with Crippen LogP contribution in [0.4, 0.5) is 0 Å². The molecule has 10 nitrogen and oxygen atoms in total. The van der Waals surface area contributed by atoms with Crippen molar-refractivity contribution in [3.63, 3.8) is 0 Å². The van der Waals surface area contributed by atoms with Gasteiger partial charge in [-0.15, -0.1) is 0 Å². The molecule has 0 aromatic rings. The lowest BCUT2D eigenvalue weighted by Crippen LogP contribution is -2.58. The number of amides is 3. The maximum Gasteiger partial charge on any atom is 0.328 e. The van der Waals surface area contributed by atoms with Gasteiger partial charge in [-0.3, -0.25) is 14.4 Å². The third kappa shape index (κ3) is 6.92. The van der Waals surface area contributed by atoms with Gasteiger partial charge in [-0.1, -0.05) is 20.3 Å². The number of carboxylic acids is 1. The van der Waals surface area contributed by atoms with Crippen LogP contribution in [0.25, 0.3) is 0 Å². The number of carbonyl (C=O) groups is 4. The quantitative estimate of drug-likeness (QED) is 0.256. The Morgan fingerprint density at radius 1 is 1.04 bits per heavy atom. The predicted molar refractivity (Wildman–Crippen MR) is 84.4 cm³/mol. The molecule has 5 atom stereocenters. The summed E-state index contributed by atoms with van der Waals surface area (Å²) in [6, 6.07) is -3.80. The van der Waals surface area contributed by atoms with Crippen LogP contribution in [-0.4, -0.2) is 58.1 Å². The topological polar surface area (TPSA) is 185 Å². The summed E-state index contributed by atoms with van der Waals surface area (Å²) in [5, 5.41) is 23.0. The van der Waals surface area contributed by atoms with Crippen molar-refractivity contribution in [2.24, 2.45) is 17.4 Å². The molecule has 0 aromatic heterocycles. The molecule has 138 valence electrons. The summed E-state index contributed by atoms with van der Waals surface area (Å²) in [7, 11) is 0. The lowest BCUT2D eigenvalue weighted by Gasteiger charge is -2.27. The van der Waals surface area contributed by atoms with Gasteiger partial charge in [-0.05, 0) is 12.8 Å². The van der Waals surface area contributed by atoms with E-state index in [1.165, 1.54) is 6.92 Å². The fourth-order valence-corrected chi connectivity index (χ4v) is 1.90. The average Bonchev–Trinajstić information content (AvgIpc) is 2.47. The second-order valence-electron chi connectivity index (χ2n) is 5.71. The molecule has 0 aliphatic heterocycles. The Kier molecular flexibility index (Phi) is 8.93. The molecule has 0 unspecified atom stereocenters. The molecule has 0 aromatic carbocycles. The summed E-state index contributed by atoms with van der Waals surface area (Å²) in [6.45, 7) is 4.69. The minimum Gasteiger partial charge on any atom is -0.480 e. The predicted octanol–water partition coefficient (Wildman–Crippen LogP) is -2.33. The van der Waals surface area contributed by atoms with Crippen LogP contribution < -0.4 is 22.1 Å². The zero-order valence-corrected chi connectivity index (χ0v) is 14.0. The highest BCUT2D eigenvalue weighted by Crippen LogP contribution is 2.09. The van der Waals surface area contributed by atoms with Gasteiger partial charge >= 0.3 is 5.97 Å². The van der Waals surface area contributed by atoms with Crippen LogP contribution in [0.2, 0.25) is 0 Å². The Balaban J connectivity index is 5.12. The van der Waals surface area contributed by atoms with E-state index in [2.05, 4.69) is 10.6 Å². The van der Waals surface area contributed by atoms with Gasteiger partial charge in [-0.25, -0.2) is 4.79 Å². The number of aliphatic carboxylic acids is 1. The van der Waals surface area contributed by atoms with Gasteiger partial charge in [0.1, 0.15) is 6.04 Å². The molecule has 0 heterocycles. The summed E-state index contributed by atoms with van der Waals surface area (Å²) < 4.78 is 0. The number of nitrogens with one attached hydrogen (secondary N) is 2. The standard InChI is InChI=1S/C14H26N4O6/c1-4-6(2)10(17-12(21)8(15)5-9(16)20)13(22)18-11(7(3)19)14(23)24/h6-8,10-11,19H,4-5,15H2,1-3H3,(H2,16,20)(H,17,21)(H,18,22)(H,23,24)/t6-,7+,8-,10-,11-/m0/s1. The number of hydrogen-bond donors (Lipinski definition) is 6. The number of primary amides is 1. The zero-order valence-electron chi connectivity index (χ0n) is 14.0. The molecule has 24 heavy (non-hydrogen) atoms. The maximum absolute atomic E-state index is 12.3. The zero-order chi connectivity index (χ0) is 19.0. The van der Waals surface area contributed by atoms with E-state index in [4.69, 9.17) is 16.6 Å². The van der Waals surface area contributed by atoms with Gasteiger partial charge < -0.3 is 32.3 Å². The molecule has 10 heteroatoms. The number of aliphatic hydroxyl groups is 1. The van der Waals surface area contributed by atoms with Crippen molar-refractivity contribution in [1.29, 1.82) is 0 Å². The van der Waals surface area contributed by atoms with Crippen LogP contribution >= 0.6 is 0 Å². The normalized spacial score (nSPS) is 17.0. The highest BCUT2D eigenvalue weighted by atomic mass is 16.4. The van der Waals surface area contributed by atoms with Crippen LogP contribution in [0.5, 0.6) is 0 Å². The molecule has 0 saturated carbocycles. The average molecular weight is 346 g/mol. The fourth-order valence-electron chi connectivity index (χ4n) is 1.90. The van der Waals surface area contributed by atoms with Gasteiger partial charge in [0.05, 0.1) is 18.6 Å². The second kappa shape index (κ2) is 9.83. The lowest BCUT2D eigenvalue weighted by atomic mass is 9.97. The lowest BCUT2D eigenvalue weighted by molar-refractivity contribution is -0.145. The Labute approximate surface area is 139 Å². The Hall–Kier alpha value is -2.20. The van der Waals surface area contributed by atoms with E-state index in [0.717, 1.165) is 0 Å². The van der Waals surface area contributed by atoms with Crippen molar-refractivity contribution in [3.05, 3.63) is 0 Å². The SMILES string of the molecule is CC[C@H](C)[C@H](NC(=O)[C@@H](N)CC(N)=O)C(=O)N[C@H](C(=O)O)[C@@H](C)O. The number of carboxylic acid groups (broad SMARTS) is 1. The minimum atomic E-state index is -1.51. The third-order valence-corrected chi connectivity index (χ3v) is 3.60. The molecule has 0 bridgehead atoms. The molecule has 0 fully saturated rings. The first-order valence-corrected chi connectivity index (χ1v) is 7.56. The number of aliphatic hydroxyl groups excluding tert-OH is 1. The number of nitrogens with two attached hydrogens (primary N) is 2. The molecule has 0 saturated heterocycles. The van der Waals surface area contributed by atoms with E-state index in [1.54, 1.807) is 13.8 Å². The molecule has 0 rings (SSSR count). The largest absolute Gasteiger partial charge is 0.480 e. The molecule has 0 spiro atoms. The van der Waals surface area contributed by atoms with Gasteiger partial charge in [-0.2, -0.15) is 0 Å². The maximum atomic E-state index is 12.3. The van der Waals surface area contributed by atoms with Gasteiger partial charge in [0.2, 0.25) is 17.7 Å². The third-order valence-electron chi connectivity index (χ3n) is 3.60. The molecule has 0 radical (unpaired) electrons. The number of carbonyl (C=O) groups excluding carboxylic acids is 3. The highest BCUT2D eigenvalue weighted by Gasteiger charge is 2.32. The Morgan fingerprint density at radius 3 is 1.92 bits per heavy atom. The Morgan fingerprint density at radius 2 is 1.54 bits per heavy atom. The van der Waals surface area contributed by atoms with Crippen LogP contribution in [0.15, 0.2) is 0 Å². The summed E-state index contributed by atoms with van der Waals surface area (Å²) in [4.78, 5) is 46.2. The first-order chi connectivity index (χ1) is 11.0. The van der Waals surface area contributed by atoms with Crippen molar-refractivity contribution in [2.75, 3.05) is 0 Å². The van der Waals surface area contributed by atoms with Gasteiger partial charge in [0.15, 0.2) is 6.04 Å². The van der Waals surface area contributed by atoms with Gasteiger partial charge in [0.25, 0.3) is 0 Å². The second-order valence-corrected chi connectivity index (χ2v) is 5.71. The first-order valence-electron chi connectivity index (χ1n) is 7.56. The van der Waals surface area contributed by atoms with Crippen LogP contribution in [0, 0.1) is 5.92 Å². The van der Waals surface area contributed by atoms with Crippen molar-refractivity contribution in [2.45, 2.75) is 57.8 Å². The van der Waals surface area contributed by atoms with E-state index in [1.807, 2.05) is 0 Å². The Bertz CT molecular complexity index is 482. The van der Waals surface area contributed by atoms with Crippen LogP contribution in [-0.2, 0) is 19.2 Å². The molecular weight excluding hydrogens is 320 g/mol. The van der Waals surface area contributed by atoms with Crippen molar-refractivity contribution in [1.82, 2.24) is 10.6 Å². The molecule has 8 N–H and O–H groups in total. The molecular formula is C14H26N4O6. The van der Waals surface area contributed by atoms with E-state index in [0.29, 0.717) is 6.42 Å². The monoisotopic (exact) mass is 346 g/mol. The van der Waals surface area contributed by atoms with Crippen LogP contribution in [0.3, 0.4) is 0 Å². The smallest absolute Gasteiger partial charge is 0.328 e. The van der Waals surface area contributed by atoms with E-state index >= 15 is 0 Å². The first kappa shape index (κ1) is 21.8. The van der Waals surface area contributed by atoms with Crippen LogP contribution in [0.1, 0.15) is 33.6 Å². The molecule has 0 aliphatic rings. The van der Waals surface area contributed by atoms with Crippen molar-refractivity contribution in [3.8, 4) is 0 Å². The summed E-state index contributed by atoms with van der Waals surface area (Å²) in [5.74, 6) is -4.02. The molecule has 3 amide bonds. The minimum absolute atomic E-state index is 0.335. The summed E-state index contributed by atoms with van der Waals surface area (Å²) in [5.41, 5.74) is 10.5.